The Morgan fingerprint density at radius 3 is 0.660 bits per heavy atom. The smallest absolute Gasteiger partial charge is 0.462 e. The minimum atomic E-state index is -9.40. The lowest BCUT2D eigenvalue weighted by atomic mass is 10.1. The lowest BCUT2D eigenvalue weighted by Gasteiger charge is -2.44. The summed E-state index contributed by atoms with van der Waals surface area (Å²) in [6.45, 7) is 0. The van der Waals surface area contributed by atoms with E-state index in [2.05, 4.69) is 0 Å². The Labute approximate surface area is 263 Å². The zero-order chi connectivity index (χ0) is 43.9. The molecular formula is C16HF31O6. The van der Waals surface area contributed by atoms with Crippen LogP contribution in [0.4, 0.5) is 136 Å². The lowest BCUT2D eigenvalue weighted by Crippen LogP contribution is -2.72. The molecule has 0 spiro atoms. The Bertz CT molecular complexity index is 1320. The van der Waals surface area contributed by atoms with E-state index in [9.17, 15) is 141 Å². The van der Waals surface area contributed by atoms with Crippen LogP contribution < -0.4 is 0 Å². The van der Waals surface area contributed by atoms with Crippen LogP contribution in [0.15, 0.2) is 0 Å². The molecule has 1 N–H and O–H groups in total. The van der Waals surface area contributed by atoms with Gasteiger partial charge in [0.05, 0.1) is 0 Å². The van der Waals surface area contributed by atoms with Crippen molar-refractivity contribution in [3.8, 4) is 0 Å². The summed E-state index contributed by atoms with van der Waals surface area (Å²) in [4.78, 5) is 10.2. The van der Waals surface area contributed by atoms with Gasteiger partial charge in [-0.15, -0.1) is 0 Å². The highest BCUT2D eigenvalue weighted by Gasteiger charge is 2.91. The number of carboxylic acid groups (broad SMARTS) is 1. The molecule has 0 aromatic rings. The number of alkyl halides is 31. The van der Waals surface area contributed by atoms with Gasteiger partial charge in [-0.05, 0) is 0 Å². The third kappa shape index (κ3) is 7.96. The first kappa shape index (κ1) is 50.1. The van der Waals surface area contributed by atoms with Crippen LogP contribution in [0.3, 0.4) is 0 Å². The number of ether oxygens (including phenoxy) is 4. The number of carboxylic acids is 1. The van der Waals surface area contributed by atoms with E-state index in [4.69, 9.17) is 5.11 Å². The van der Waals surface area contributed by atoms with E-state index < -0.39 is 96.5 Å². The molecule has 6 nitrogen and oxygen atoms in total. The van der Waals surface area contributed by atoms with E-state index in [1.54, 1.807) is 0 Å². The monoisotopic (exact) mass is 878 g/mol. The van der Waals surface area contributed by atoms with Crippen molar-refractivity contribution in [2.24, 2.45) is 0 Å². The van der Waals surface area contributed by atoms with Gasteiger partial charge in [0, 0.05) is 0 Å². The van der Waals surface area contributed by atoms with Crippen molar-refractivity contribution in [3.05, 3.63) is 0 Å². The normalized spacial score (nSPS) is 20.3. The average Bonchev–Trinajstić information content (AvgIpc) is 2.83. The van der Waals surface area contributed by atoms with Gasteiger partial charge in [0.2, 0.25) is 0 Å². The summed E-state index contributed by atoms with van der Waals surface area (Å²) < 4.78 is 414. The molecule has 0 saturated heterocycles. The number of carbonyl (C=O) groups is 1. The topological polar surface area (TPSA) is 74.2 Å². The van der Waals surface area contributed by atoms with Crippen molar-refractivity contribution >= 4 is 5.97 Å². The minimum Gasteiger partial charge on any atom is -0.477 e. The third-order valence-electron chi connectivity index (χ3n) is 5.05. The maximum absolute atomic E-state index is 14.4. The van der Waals surface area contributed by atoms with E-state index >= 15 is 0 Å². The second kappa shape index (κ2) is 12.8. The van der Waals surface area contributed by atoms with Crippen molar-refractivity contribution in [2.75, 3.05) is 0 Å². The van der Waals surface area contributed by atoms with Gasteiger partial charge in [-0.3, -0.25) is 18.9 Å². The van der Waals surface area contributed by atoms with Crippen LogP contribution in [0.1, 0.15) is 0 Å². The molecule has 53 heavy (non-hydrogen) atoms. The molecule has 0 aromatic heterocycles. The quantitative estimate of drug-likeness (QED) is 0.176. The molecule has 0 radical (unpaired) electrons. The molecule has 0 bridgehead atoms. The maximum Gasteiger partial charge on any atom is 0.462 e. The molecule has 0 saturated carbocycles. The van der Waals surface area contributed by atoms with Gasteiger partial charge < -0.3 is 5.11 Å². The zero-order valence-corrected chi connectivity index (χ0v) is 22.2. The van der Waals surface area contributed by atoms with Gasteiger partial charge in [0.15, 0.2) is 0 Å². The van der Waals surface area contributed by atoms with E-state index in [1.165, 1.54) is 0 Å². The maximum atomic E-state index is 14.4. The number of aliphatic carboxylic acids is 1. The van der Waals surface area contributed by atoms with Crippen LogP contribution in [0.25, 0.3) is 0 Å². The van der Waals surface area contributed by atoms with Crippen molar-refractivity contribution in [1.29, 1.82) is 0 Å². The Balaban J connectivity index is 7.84. The summed E-state index contributed by atoms with van der Waals surface area (Å²) in [6.07, 6.45) is -79.6. The fraction of sp³-hybridized carbons (Fsp3) is 0.938. The second-order valence-electron chi connectivity index (χ2n) is 8.80. The molecule has 0 heterocycles. The highest BCUT2D eigenvalue weighted by molar-refractivity contribution is 5.77. The second-order valence-corrected chi connectivity index (χ2v) is 8.80. The molecular weight excluding hydrogens is 877 g/mol. The van der Waals surface area contributed by atoms with Gasteiger partial charge in [-0.1, -0.05) is 0 Å². The van der Waals surface area contributed by atoms with Crippen molar-refractivity contribution in [3.63, 3.8) is 0 Å². The molecule has 4 atom stereocenters. The van der Waals surface area contributed by atoms with Crippen molar-refractivity contribution < 1.29 is 165 Å². The van der Waals surface area contributed by atoms with Crippen LogP contribution in [-0.4, -0.2) is 102 Å². The summed E-state index contributed by atoms with van der Waals surface area (Å²) in [6, 6.07) is 0. The van der Waals surface area contributed by atoms with E-state index in [1.807, 2.05) is 0 Å². The SMILES string of the molecule is O=C(O)C(F)(F)C(F)(OC(F)(F)C(F)(OC(F)(F)C(F)(OC(F)(F)C(F)(OC(F)(F)C(F)(F)C(F)(F)F)C(F)(F)F)C(F)(F)F)C(F)(F)F)C(F)(F)F. The van der Waals surface area contributed by atoms with E-state index in [-0.39, 0.29) is 0 Å². The average molecular weight is 878 g/mol. The summed E-state index contributed by atoms with van der Waals surface area (Å²) in [5, 5.41) is 7.86. The molecule has 0 fully saturated rings. The van der Waals surface area contributed by atoms with Crippen LogP contribution in [0, 0.1) is 0 Å². The minimum absolute atomic E-state index is 0.752. The standard InChI is InChI=1S/C16HF31O6/c17-2(18,1(48)49)4(21,9(28,29)30)50-14(42,43)6(23,11(34,35)36)52-16(46,47)7(24,12(37,38)39)53-15(44,45)5(22,10(31,32)33)51-13(40,41)3(19,20)8(25,26)27/h(H,48,49). The van der Waals surface area contributed by atoms with Crippen molar-refractivity contribution in [2.45, 2.75) is 90.6 Å². The Hall–Kier alpha value is -2.86. The molecule has 0 aliphatic carbocycles. The van der Waals surface area contributed by atoms with Crippen LogP contribution >= 0.6 is 0 Å². The number of hydrogen-bond acceptors (Lipinski definition) is 5. The van der Waals surface area contributed by atoms with Gasteiger partial charge >= 0.3 is 96.5 Å². The largest absolute Gasteiger partial charge is 0.477 e. The van der Waals surface area contributed by atoms with Gasteiger partial charge in [0.1, 0.15) is 0 Å². The number of hydrogen-bond donors (Lipinski definition) is 1. The van der Waals surface area contributed by atoms with Crippen LogP contribution in [-0.2, 0) is 23.7 Å². The Morgan fingerprint density at radius 1 is 0.302 bits per heavy atom. The first-order valence-electron chi connectivity index (χ1n) is 10.7. The first-order chi connectivity index (χ1) is 22.3. The molecule has 0 aliphatic rings. The molecule has 0 aliphatic heterocycles. The summed E-state index contributed by atoms with van der Waals surface area (Å²) in [5.74, 6) is -57.4. The fourth-order valence-electron chi connectivity index (χ4n) is 2.42. The molecule has 37 heteroatoms. The van der Waals surface area contributed by atoms with Gasteiger partial charge in [0.25, 0.3) is 0 Å². The molecule has 0 aromatic carbocycles. The van der Waals surface area contributed by atoms with E-state index in [0.29, 0.717) is 0 Å². The van der Waals surface area contributed by atoms with Crippen molar-refractivity contribution in [1.82, 2.24) is 0 Å². The highest BCUT2D eigenvalue weighted by atomic mass is 19.4. The van der Waals surface area contributed by atoms with Gasteiger partial charge in [-0.25, -0.2) is 4.79 Å². The molecule has 0 rings (SSSR count). The summed E-state index contributed by atoms with van der Waals surface area (Å²) >= 11 is 0. The molecule has 4 unspecified atom stereocenters. The van der Waals surface area contributed by atoms with Crippen LogP contribution in [0.5, 0.6) is 0 Å². The molecule has 318 valence electrons. The lowest BCUT2D eigenvalue weighted by molar-refractivity contribution is -0.594. The summed E-state index contributed by atoms with van der Waals surface area (Å²) in [7, 11) is 0. The van der Waals surface area contributed by atoms with Gasteiger partial charge in [-0.2, -0.15) is 136 Å². The molecule has 0 amide bonds. The number of halogens is 31. The predicted molar refractivity (Wildman–Crippen MR) is 87.3 cm³/mol. The highest BCUT2D eigenvalue weighted by Crippen LogP contribution is 2.61. The Morgan fingerprint density at radius 2 is 0.491 bits per heavy atom. The summed E-state index contributed by atoms with van der Waals surface area (Å²) in [5.41, 5.74) is 0. The zero-order valence-electron chi connectivity index (χ0n) is 22.2. The van der Waals surface area contributed by atoms with E-state index in [0.717, 1.165) is 18.9 Å². The predicted octanol–water partition coefficient (Wildman–Crippen LogP) is 9.25. The Kier molecular flexibility index (Phi) is 12.2. The number of rotatable bonds is 14. The third-order valence-corrected chi connectivity index (χ3v) is 5.05. The van der Waals surface area contributed by atoms with Crippen LogP contribution in [0.2, 0.25) is 0 Å². The fourth-order valence-corrected chi connectivity index (χ4v) is 2.42. The first-order valence-corrected chi connectivity index (χ1v) is 10.7.